The zero-order valence-corrected chi connectivity index (χ0v) is 13.1. The first-order valence-electron chi connectivity index (χ1n) is 7.10. The molecule has 0 saturated carbocycles. The van der Waals surface area contributed by atoms with Crippen molar-refractivity contribution in [3.63, 3.8) is 0 Å². The quantitative estimate of drug-likeness (QED) is 0.744. The van der Waals surface area contributed by atoms with E-state index in [1.807, 2.05) is 0 Å². The van der Waals surface area contributed by atoms with Crippen LogP contribution >= 0.6 is 0 Å². The molecule has 1 aromatic carbocycles. The van der Waals surface area contributed by atoms with Gasteiger partial charge >= 0.3 is 5.97 Å². The van der Waals surface area contributed by atoms with Crippen molar-refractivity contribution in [2.45, 2.75) is 0 Å². The van der Waals surface area contributed by atoms with E-state index in [4.69, 9.17) is 9.47 Å². The van der Waals surface area contributed by atoms with Gasteiger partial charge in [0.1, 0.15) is 17.1 Å². The summed E-state index contributed by atoms with van der Waals surface area (Å²) in [6.07, 6.45) is 1.54. The van der Waals surface area contributed by atoms with Crippen molar-refractivity contribution in [3.05, 3.63) is 48.2 Å². The van der Waals surface area contributed by atoms with E-state index in [0.717, 1.165) is 0 Å². The van der Waals surface area contributed by atoms with Crippen LogP contribution in [0.5, 0.6) is 11.6 Å². The number of ether oxygens (including phenoxy) is 2. The van der Waals surface area contributed by atoms with Crippen LogP contribution in [0.4, 0.5) is 11.5 Å². The van der Waals surface area contributed by atoms with Crippen LogP contribution < -0.4 is 14.8 Å². The number of anilines is 2. The molecule has 2 N–H and O–H groups in total. The molecule has 0 amide bonds. The maximum atomic E-state index is 11.5. The number of nitrogens with zero attached hydrogens (tertiary/aromatic N) is 2. The maximum absolute atomic E-state index is 11.5. The van der Waals surface area contributed by atoms with Crippen LogP contribution in [0.1, 0.15) is 10.4 Å². The molecular weight excluding hydrogens is 310 g/mol. The normalized spacial score (nSPS) is 10.4. The van der Waals surface area contributed by atoms with E-state index < -0.39 is 5.97 Å². The number of hydrogen-bond donors (Lipinski definition) is 2. The molecule has 0 unspecified atom stereocenters. The molecule has 122 valence electrons. The first-order valence-corrected chi connectivity index (χ1v) is 7.10. The molecule has 0 aliphatic carbocycles. The van der Waals surface area contributed by atoms with Gasteiger partial charge in [-0.15, -0.1) is 0 Å². The molecule has 0 spiro atoms. The third-order valence-corrected chi connectivity index (χ3v) is 3.46. The van der Waals surface area contributed by atoms with Crippen LogP contribution in [0.2, 0.25) is 0 Å². The third-order valence-electron chi connectivity index (χ3n) is 3.46. The van der Waals surface area contributed by atoms with Gasteiger partial charge in [-0.25, -0.2) is 14.8 Å². The zero-order valence-electron chi connectivity index (χ0n) is 13.1. The molecule has 0 atom stereocenters. The number of carboxylic acid groups (broad SMARTS) is 1. The second-order valence-corrected chi connectivity index (χ2v) is 4.96. The van der Waals surface area contributed by atoms with Crippen LogP contribution in [0, 0.1) is 0 Å². The lowest BCUT2D eigenvalue weighted by Crippen LogP contribution is -2.05. The minimum Gasteiger partial charge on any atom is -0.497 e. The number of aromatic carboxylic acids is 1. The number of carbonyl (C=O) groups is 1. The minimum atomic E-state index is -1.07. The van der Waals surface area contributed by atoms with Crippen molar-refractivity contribution in [2.24, 2.45) is 0 Å². The average Bonchev–Trinajstić information content (AvgIpc) is 2.61. The SMILES string of the molecule is COc1ccc2cc(C(=O)O)c(Nc3ccc(OC)nc3)nc2c1. The Kier molecular flexibility index (Phi) is 4.15. The number of methoxy groups -OCH3 is 2. The summed E-state index contributed by atoms with van der Waals surface area (Å²) in [6, 6.07) is 10.3. The van der Waals surface area contributed by atoms with Gasteiger partial charge in [-0.1, -0.05) is 0 Å². The molecule has 0 bridgehead atoms. The summed E-state index contributed by atoms with van der Waals surface area (Å²) >= 11 is 0. The van der Waals surface area contributed by atoms with Gasteiger partial charge in [0, 0.05) is 17.5 Å². The number of aromatic nitrogens is 2. The Morgan fingerprint density at radius 3 is 2.58 bits per heavy atom. The van der Waals surface area contributed by atoms with Crippen LogP contribution in [0.3, 0.4) is 0 Å². The number of pyridine rings is 2. The minimum absolute atomic E-state index is 0.0727. The Morgan fingerprint density at radius 1 is 1.12 bits per heavy atom. The number of fused-ring (bicyclic) bond motifs is 1. The topological polar surface area (TPSA) is 93.6 Å². The third kappa shape index (κ3) is 3.05. The summed E-state index contributed by atoms with van der Waals surface area (Å²) in [6.45, 7) is 0. The maximum Gasteiger partial charge on any atom is 0.339 e. The molecule has 3 aromatic rings. The Bertz CT molecular complexity index is 894. The smallest absolute Gasteiger partial charge is 0.339 e. The van der Waals surface area contributed by atoms with Gasteiger partial charge < -0.3 is 19.9 Å². The highest BCUT2D eigenvalue weighted by molar-refractivity contribution is 5.99. The monoisotopic (exact) mass is 325 g/mol. The Balaban J connectivity index is 2.05. The second-order valence-electron chi connectivity index (χ2n) is 4.96. The van der Waals surface area contributed by atoms with Crippen LogP contribution in [-0.4, -0.2) is 35.3 Å². The van der Waals surface area contributed by atoms with Crippen molar-refractivity contribution in [2.75, 3.05) is 19.5 Å². The van der Waals surface area contributed by atoms with E-state index in [1.165, 1.54) is 7.11 Å². The molecule has 2 heterocycles. The van der Waals surface area contributed by atoms with Crippen molar-refractivity contribution in [3.8, 4) is 11.6 Å². The highest BCUT2D eigenvalue weighted by Crippen LogP contribution is 2.26. The van der Waals surface area contributed by atoms with E-state index in [9.17, 15) is 9.90 Å². The summed E-state index contributed by atoms with van der Waals surface area (Å²) < 4.78 is 10.2. The molecule has 0 aliphatic rings. The molecule has 24 heavy (non-hydrogen) atoms. The molecule has 7 heteroatoms. The Morgan fingerprint density at radius 2 is 1.96 bits per heavy atom. The Labute approximate surface area is 137 Å². The van der Waals surface area contributed by atoms with Gasteiger partial charge in [-0.2, -0.15) is 0 Å². The van der Waals surface area contributed by atoms with E-state index in [0.29, 0.717) is 28.2 Å². The number of carboxylic acids is 1. The predicted molar refractivity (Wildman–Crippen MR) is 89.3 cm³/mol. The largest absolute Gasteiger partial charge is 0.497 e. The van der Waals surface area contributed by atoms with E-state index in [-0.39, 0.29) is 11.4 Å². The molecular formula is C17H15N3O4. The number of nitrogens with one attached hydrogen (secondary N) is 1. The van der Waals surface area contributed by atoms with Gasteiger partial charge in [0.15, 0.2) is 0 Å². The number of benzene rings is 1. The summed E-state index contributed by atoms with van der Waals surface area (Å²) in [5.74, 6) is 0.282. The lowest BCUT2D eigenvalue weighted by molar-refractivity contribution is 0.0698. The predicted octanol–water partition coefficient (Wildman–Crippen LogP) is 3.09. The fourth-order valence-electron chi connectivity index (χ4n) is 2.24. The van der Waals surface area contributed by atoms with E-state index in [1.54, 1.807) is 49.7 Å². The molecule has 0 radical (unpaired) electrons. The summed E-state index contributed by atoms with van der Waals surface area (Å²) in [5, 5.41) is 13.1. The summed E-state index contributed by atoms with van der Waals surface area (Å²) in [7, 11) is 3.09. The van der Waals surface area contributed by atoms with Gasteiger partial charge in [0.05, 0.1) is 31.6 Å². The highest BCUT2D eigenvalue weighted by atomic mass is 16.5. The van der Waals surface area contributed by atoms with Gasteiger partial charge in [-0.05, 0) is 24.3 Å². The van der Waals surface area contributed by atoms with Gasteiger partial charge in [0.2, 0.25) is 5.88 Å². The lowest BCUT2D eigenvalue weighted by atomic mass is 10.1. The molecule has 0 fully saturated rings. The van der Waals surface area contributed by atoms with Crippen molar-refractivity contribution < 1.29 is 19.4 Å². The first kappa shape index (κ1) is 15.5. The van der Waals surface area contributed by atoms with Crippen molar-refractivity contribution >= 4 is 28.4 Å². The van der Waals surface area contributed by atoms with Gasteiger partial charge in [0.25, 0.3) is 0 Å². The van der Waals surface area contributed by atoms with Crippen LogP contribution in [0.25, 0.3) is 10.9 Å². The number of rotatable bonds is 5. The molecule has 7 nitrogen and oxygen atoms in total. The average molecular weight is 325 g/mol. The number of hydrogen-bond acceptors (Lipinski definition) is 6. The van der Waals surface area contributed by atoms with Crippen molar-refractivity contribution in [1.29, 1.82) is 0 Å². The van der Waals surface area contributed by atoms with Crippen LogP contribution in [-0.2, 0) is 0 Å². The summed E-state index contributed by atoms with van der Waals surface area (Å²) in [4.78, 5) is 20.0. The van der Waals surface area contributed by atoms with Gasteiger partial charge in [-0.3, -0.25) is 0 Å². The highest BCUT2D eigenvalue weighted by Gasteiger charge is 2.14. The molecule has 3 rings (SSSR count). The van der Waals surface area contributed by atoms with E-state index >= 15 is 0 Å². The Hall–Kier alpha value is -3.35. The van der Waals surface area contributed by atoms with Crippen LogP contribution in [0.15, 0.2) is 42.6 Å². The standard InChI is InChI=1S/C17H15N3O4/c1-23-12-5-3-10-7-13(17(21)22)16(20-14(10)8-12)19-11-4-6-15(24-2)18-9-11/h3-9H,1-2H3,(H,19,20)(H,21,22). The summed E-state index contributed by atoms with van der Waals surface area (Å²) in [5.41, 5.74) is 1.31. The van der Waals surface area contributed by atoms with Crippen molar-refractivity contribution in [1.82, 2.24) is 9.97 Å². The zero-order chi connectivity index (χ0) is 17.1. The molecule has 0 saturated heterocycles. The molecule has 2 aromatic heterocycles. The fourth-order valence-corrected chi connectivity index (χ4v) is 2.24. The first-order chi connectivity index (χ1) is 11.6. The second kappa shape index (κ2) is 6.41. The fraction of sp³-hybridized carbons (Fsp3) is 0.118. The van der Waals surface area contributed by atoms with E-state index in [2.05, 4.69) is 15.3 Å². The lowest BCUT2D eigenvalue weighted by Gasteiger charge is -2.11. The molecule has 0 aliphatic heterocycles.